The molecule has 19 heavy (non-hydrogen) atoms. The fraction of sp³-hybridized carbons (Fsp3) is 0.733. The molecule has 1 aliphatic rings. The second-order valence-corrected chi connectivity index (χ2v) is 5.48. The first-order valence-electron chi connectivity index (χ1n) is 7.42. The molecule has 0 bridgehead atoms. The van der Waals surface area contributed by atoms with Crippen molar-refractivity contribution < 1.29 is 4.42 Å². The molecule has 0 radical (unpaired) electrons. The molecule has 2 rings (SSSR count). The molecule has 1 unspecified atom stereocenters. The quantitative estimate of drug-likeness (QED) is 0.851. The summed E-state index contributed by atoms with van der Waals surface area (Å²) in [6, 6.07) is 2.87. The molecule has 0 aliphatic carbocycles. The summed E-state index contributed by atoms with van der Waals surface area (Å²) < 4.78 is 5.66. The van der Waals surface area contributed by atoms with Crippen LogP contribution >= 0.6 is 0 Å². The van der Waals surface area contributed by atoms with Gasteiger partial charge in [-0.05, 0) is 26.1 Å². The highest BCUT2D eigenvalue weighted by molar-refractivity contribution is 5.12. The van der Waals surface area contributed by atoms with Crippen LogP contribution in [0.25, 0.3) is 0 Å². The third kappa shape index (κ3) is 4.06. The molecular weight excluding hydrogens is 238 g/mol. The first-order valence-corrected chi connectivity index (χ1v) is 7.42. The zero-order valence-electron chi connectivity index (χ0n) is 12.5. The maximum Gasteiger partial charge on any atom is 0.118 e. The normalized spacial score (nSPS) is 21.9. The van der Waals surface area contributed by atoms with Gasteiger partial charge in [-0.25, -0.2) is 0 Å². The molecule has 0 aromatic carbocycles. The molecule has 1 atom stereocenters. The highest BCUT2D eigenvalue weighted by Crippen LogP contribution is 2.15. The minimum Gasteiger partial charge on any atom is -0.468 e. The van der Waals surface area contributed by atoms with E-state index in [1.807, 2.05) is 6.26 Å². The van der Waals surface area contributed by atoms with Gasteiger partial charge in [0.1, 0.15) is 5.76 Å². The number of nitrogens with one attached hydrogen (secondary N) is 1. The minimum atomic E-state index is 0.685. The standard InChI is InChI=1S/C15H27N3O/c1-4-14-10-18(7-6-17(14)3)11-15-8-13(12-19-15)9-16-5-2/h8,12,14,16H,4-7,9-11H2,1-3H3. The van der Waals surface area contributed by atoms with Gasteiger partial charge in [-0.3, -0.25) is 4.90 Å². The Morgan fingerprint density at radius 1 is 1.37 bits per heavy atom. The van der Waals surface area contributed by atoms with E-state index in [2.05, 4.69) is 42.1 Å². The van der Waals surface area contributed by atoms with Crippen LogP contribution in [0.3, 0.4) is 0 Å². The number of rotatable bonds is 6. The molecule has 1 saturated heterocycles. The second-order valence-electron chi connectivity index (χ2n) is 5.48. The van der Waals surface area contributed by atoms with E-state index in [0.717, 1.165) is 45.0 Å². The molecule has 1 fully saturated rings. The lowest BCUT2D eigenvalue weighted by atomic mass is 10.1. The van der Waals surface area contributed by atoms with Crippen LogP contribution in [-0.2, 0) is 13.1 Å². The van der Waals surface area contributed by atoms with Crippen molar-refractivity contribution in [2.24, 2.45) is 0 Å². The van der Waals surface area contributed by atoms with Crippen molar-refractivity contribution in [3.8, 4) is 0 Å². The Morgan fingerprint density at radius 2 is 2.21 bits per heavy atom. The summed E-state index contributed by atoms with van der Waals surface area (Å²) >= 11 is 0. The van der Waals surface area contributed by atoms with Gasteiger partial charge in [0.15, 0.2) is 0 Å². The largest absolute Gasteiger partial charge is 0.468 e. The van der Waals surface area contributed by atoms with Crippen LogP contribution in [0.2, 0.25) is 0 Å². The molecule has 1 aromatic rings. The average Bonchev–Trinajstić information content (AvgIpc) is 2.86. The summed E-state index contributed by atoms with van der Waals surface area (Å²) in [5, 5.41) is 3.32. The summed E-state index contributed by atoms with van der Waals surface area (Å²) in [7, 11) is 2.23. The van der Waals surface area contributed by atoms with Crippen LogP contribution in [0.5, 0.6) is 0 Å². The maximum absolute atomic E-state index is 5.66. The van der Waals surface area contributed by atoms with Gasteiger partial charge in [-0.15, -0.1) is 0 Å². The molecule has 4 nitrogen and oxygen atoms in total. The van der Waals surface area contributed by atoms with E-state index in [4.69, 9.17) is 4.42 Å². The third-order valence-electron chi connectivity index (χ3n) is 4.00. The zero-order chi connectivity index (χ0) is 13.7. The Labute approximate surface area is 116 Å². The third-order valence-corrected chi connectivity index (χ3v) is 4.00. The lowest BCUT2D eigenvalue weighted by Crippen LogP contribution is -2.50. The molecule has 4 heteroatoms. The number of piperazine rings is 1. The number of nitrogens with zero attached hydrogens (tertiary/aromatic N) is 2. The first kappa shape index (κ1) is 14.6. The van der Waals surface area contributed by atoms with Gasteiger partial charge in [0.25, 0.3) is 0 Å². The first-order chi connectivity index (χ1) is 9.22. The van der Waals surface area contributed by atoms with E-state index in [9.17, 15) is 0 Å². The van der Waals surface area contributed by atoms with Crippen molar-refractivity contribution in [2.45, 2.75) is 39.4 Å². The van der Waals surface area contributed by atoms with E-state index < -0.39 is 0 Å². The Hall–Kier alpha value is -0.840. The summed E-state index contributed by atoms with van der Waals surface area (Å²) in [6.07, 6.45) is 3.10. The molecule has 1 N–H and O–H groups in total. The molecule has 1 aliphatic heterocycles. The van der Waals surface area contributed by atoms with Gasteiger partial charge in [0.05, 0.1) is 12.8 Å². The van der Waals surface area contributed by atoms with Crippen molar-refractivity contribution >= 4 is 0 Å². The molecular formula is C15H27N3O. The molecule has 108 valence electrons. The number of hydrogen-bond acceptors (Lipinski definition) is 4. The summed E-state index contributed by atoms with van der Waals surface area (Å²) in [5.41, 5.74) is 1.25. The van der Waals surface area contributed by atoms with Crippen LogP contribution in [0.4, 0.5) is 0 Å². The zero-order valence-corrected chi connectivity index (χ0v) is 12.5. The highest BCUT2D eigenvalue weighted by Gasteiger charge is 2.23. The Bertz CT molecular complexity index is 377. The Kier molecular flexibility index (Phi) is 5.43. The van der Waals surface area contributed by atoms with Gasteiger partial charge in [-0.2, -0.15) is 0 Å². The highest BCUT2D eigenvalue weighted by atomic mass is 16.3. The second kappa shape index (κ2) is 7.08. The van der Waals surface area contributed by atoms with E-state index in [0.29, 0.717) is 6.04 Å². The smallest absolute Gasteiger partial charge is 0.118 e. The van der Waals surface area contributed by atoms with E-state index >= 15 is 0 Å². The Balaban J connectivity index is 1.85. The van der Waals surface area contributed by atoms with Crippen molar-refractivity contribution in [1.82, 2.24) is 15.1 Å². The topological polar surface area (TPSA) is 31.7 Å². The van der Waals surface area contributed by atoms with E-state index in [1.165, 1.54) is 12.0 Å². The van der Waals surface area contributed by atoms with Crippen molar-refractivity contribution in [2.75, 3.05) is 33.2 Å². The predicted octanol–water partition coefficient (Wildman–Crippen LogP) is 1.92. The molecule has 0 amide bonds. The predicted molar refractivity (Wildman–Crippen MR) is 78.1 cm³/mol. The lowest BCUT2D eigenvalue weighted by Gasteiger charge is -2.38. The van der Waals surface area contributed by atoms with Crippen molar-refractivity contribution in [3.05, 3.63) is 23.7 Å². The minimum absolute atomic E-state index is 0.685. The Morgan fingerprint density at radius 3 is 2.95 bits per heavy atom. The van der Waals surface area contributed by atoms with Gasteiger partial charge in [0.2, 0.25) is 0 Å². The van der Waals surface area contributed by atoms with Crippen LogP contribution in [0.1, 0.15) is 31.6 Å². The lowest BCUT2D eigenvalue weighted by molar-refractivity contribution is 0.0836. The number of hydrogen-bond donors (Lipinski definition) is 1. The van der Waals surface area contributed by atoms with Crippen LogP contribution in [-0.4, -0.2) is 49.1 Å². The van der Waals surface area contributed by atoms with Crippen LogP contribution < -0.4 is 5.32 Å². The van der Waals surface area contributed by atoms with Crippen LogP contribution in [0.15, 0.2) is 16.7 Å². The molecule has 0 spiro atoms. The maximum atomic E-state index is 5.66. The van der Waals surface area contributed by atoms with Gasteiger partial charge >= 0.3 is 0 Å². The molecule has 0 saturated carbocycles. The van der Waals surface area contributed by atoms with E-state index in [-0.39, 0.29) is 0 Å². The number of furan rings is 1. The van der Waals surface area contributed by atoms with Crippen molar-refractivity contribution in [1.29, 1.82) is 0 Å². The summed E-state index contributed by atoms with van der Waals surface area (Å²) in [4.78, 5) is 4.97. The van der Waals surface area contributed by atoms with E-state index in [1.54, 1.807) is 0 Å². The van der Waals surface area contributed by atoms with Crippen molar-refractivity contribution in [3.63, 3.8) is 0 Å². The SMILES string of the molecule is CCNCc1coc(CN2CCN(C)C(CC)C2)c1. The van der Waals surface area contributed by atoms with Gasteiger partial charge in [-0.1, -0.05) is 13.8 Å². The van der Waals surface area contributed by atoms with Gasteiger partial charge in [0, 0.05) is 37.8 Å². The average molecular weight is 265 g/mol. The monoisotopic (exact) mass is 265 g/mol. The summed E-state index contributed by atoms with van der Waals surface area (Å²) in [5.74, 6) is 1.09. The molecule has 2 heterocycles. The number of likely N-dealkylation sites (N-methyl/N-ethyl adjacent to an activating group) is 1. The van der Waals surface area contributed by atoms with Crippen LogP contribution in [0, 0.1) is 0 Å². The molecule has 1 aromatic heterocycles. The van der Waals surface area contributed by atoms with Gasteiger partial charge < -0.3 is 14.6 Å². The fourth-order valence-corrected chi connectivity index (χ4v) is 2.69. The fourth-order valence-electron chi connectivity index (χ4n) is 2.69. The summed E-state index contributed by atoms with van der Waals surface area (Å²) in [6.45, 7) is 10.7.